The molecule has 1 saturated heterocycles. The van der Waals surface area contributed by atoms with E-state index in [4.69, 9.17) is 5.26 Å². The topological polar surface area (TPSA) is 47.3 Å². The van der Waals surface area contributed by atoms with Gasteiger partial charge in [-0.2, -0.15) is 5.26 Å². The molecule has 0 radical (unpaired) electrons. The summed E-state index contributed by atoms with van der Waals surface area (Å²) in [7, 11) is 0. The molecular formula is C12H19N3O. The lowest BCUT2D eigenvalue weighted by atomic mass is 10.0. The van der Waals surface area contributed by atoms with Gasteiger partial charge < -0.3 is 4.90 Å². The van der Waals surface area contributed by atoms with E-state index in [1.54, 1.807) is 0 Å². The molecule has 16 heavy (non-hydrogen) atoms. The van der Waals surface area contributed by atoms with Crippen molar-refractivity contribution in [3.05, 3.63) is 0 Å². The standard InChI is InChI=1S/C12H19N3O/c1-12(2,9-13)15-7-5-14(6-8-15)11(16)10-3-4-10/h10H,3-8H2,1-2H3. The Morgan fingerprint density at radius 1 is 1.25 bits per heavy atom. The van der Waals surface area contributed by atoms with E-state index in [2.05, 4.69) is 11.0 Å². The van der Waals surface area contributed by atoms with E-state index in [0.29, 0.717) is 11.8 Å². The van der Waals surface area contributed by atoms with Gasteiger partial charge in [-0.1, -0.05) is 0 Å². The molecule has 0 N–H and O–H groups in total. The van der Waals surface area contributed by atoms with Crippen LogP contribution in [0, 0.1) is 17.2 Å². The fraction of sp³-hybridized carbons (Fsp3) is 0.833. The summed E-state index contributed by atoms with van der Waals surface area (Å²) in [5.41, 5.74) is -0.408. The van der Waals surface area contributed by atoms with Gasteiger partial charge in [0, 0.05) is 32.1 Å². The van der Waals surface area contributed by atoms with Gasteiger partial charge in [0.1, 0.15) is 5.54 Å². The molecule has 4 nitrogen and oxygen atoms in total. The third kappa shape index (κ3) is 2.19. The van der Waals surface area contributed by atoms with Crippen molar-refractivity contribution in [1.82, 2.24) is 9.80 Å². The zero-order chi connectivity index (χ0) is 11.8. The Balaban J connectivity index is 1.87. The van der Waals surface area contributed by atoms with E-state index in [9.17, 15) is 4.79 Å². The first-order valence-electron chi connectivity index (χ1n) is 6.00. The molecule has 4 heteroatoms. The first-order chi connectivity index (χ1) is 7.54. The highest BCUT2D eigenvalue weighted by atomic mass is 16.2. The predicted molar refractivity (Wildman–Crippen MR) is 60.6 cm³/mol. The summed E-state index contributed by atoms with van der Waals surface area (Å²) in [6, 6.07) is 2.31. The lowest BCUT2D eigenvalue weighted by molar-refractivity contribution is -0.134. The van der Waals surface area contributed by atoms with Gasteiger partial charge in [-0.15, -0.1) is 0 Å². The normalized spacial score (nSPS) is 22.9. The summed E-state index contributed by atoms with van der Waals surface area (Å²) in [5, 5.41) is 9.05. The van der Waals surface area contributed by atoms with Crippen molar-refractivity contribution in [2.24, 2.45) is 5.92 Å². The maximum absolute atomic E-state index is 11.8. The number of hydrogen-bond donors (Lipinski definition) is 0. The monoisotopic (exact) mass is 221 g/mol. The number of piperazine rings is 1. The average Bonchev–Trinajstić information content (AvgIpc) is 3.12. The van der Waals surface area contributed by atoms with Crippen LogP contribution in [0.15, 0.2) is 0 Å². The molecule has 2 fully saturated rings. The van der Waals surface area contributed by atoms with E-state index >= 15 is 0 Å². The fourth-order valence-electron chi connectivity index (χ4n) is 2.15. The summed E-state index contributed by atoms with van der Waals surface area (Å²) >= 11 is 0. The van der Waals surface area contributed by atoms with Crippen molar-refractivity contribution in [3.8, 4) is 6.07 Å². The summed E-state index contributed by atoms with van der Waals surface area (Å²) in [6.07, 6.45) is 2.14. The van der Waals surface area contributed by atoms with Gasteiger partial charge in [0.2, 0.25) is 5.91 Å². The molecule has 0 aromatic carbocycles. The maximum atomic E-state index is 11.8. The molecule has 0 spiro atoms. The fourth-order valence-corrected chi connectivity index (χ4v) is 2.15. The number of hydrogen-bond acceptors (Lipinski definition) is 3. The lowest BCUT2D eigenvalue weighted by Crippen LogP contribution is -2.55. The number of carbonyl (C=O) groups excluding carboxylic acids is 1. The highest BCUT2D eigenvalue weighted by molar-refractivity contribution is 5.81. The van der Waals surface area contributed by atoms with Crippen molar-refractivity contribution in [3.63, 3.8) is 0 Å². The Bertz CT molecular complexity index is 320. The Kier molecular flexibility index (Phi) is 2.90. The predicted octanol–water partition coefficient (Wildman–Crippen LogP) is 0.843. The average molecular weight is 221 g/mol. The van der Waals surface area contributed by atoms with Gasteiger partial charge >= 0.3 is 0 Å². The molecule has 2 rings (SSSR count). The van der Waals surface area contributed by atoms with Crippen molar-refractivity contribution < 1.29 is 4.79 Å². The van der Waals surface area contributed by atoms with Crippen LogP contribution in [0.2, 0.25) is 0 Å². The Morgan fingerprint density at radius 2 is 1.81 bits per heavy atom. The van der Waals surface area contributed by atoms with E-state index in [0.717, 1.165) is 39.0 Å². The van der Waals surface area contributed by atoms with Crippen molar-refractivity contribution in [1.29, 1.82) is 5.26 Å². The molecule has 88 valence electrons. The minimum absolute atomic E-state index is 0.315. The summed E-state index contributed by atoms with van der Waals surface area (Å²) in [5.74, 6) is 0.643. The minimum Gasteiger partial charge on any atom is -0.340 e. The second-order valence-electron chi connectivity index (χ2n) is 5.26. The smallest absolute Gasteiger partial charge is 0.225 e. The molecule has 2 aliphatic rings. The lowest BCUT2D eigenvalue weighted by Gasteiger charge is -2.40. The highest BCUT2D eigenvalue weighted by Crippen LogP contribution is 2.31. The van der Waals surface area contributed by atoms with Crippen LogP contribution in [0.5, 0.6) is 0 Å². The van der Waals surface area contributed by atoms with E-state index in [1.807, 2.05) is 18.7 Å². The Labute approximate surface area is 96.8 Å². The third-order valence-corrected chi connectivity index (χ3v) is 3.58. The minimum atomic E-state index is -0.408. The van der Waals surface area contributed by atoms with Crippen LogP contribution < -0.4 is 0 Å². The molecule has 0 aromatic rings. The zero-order valence-corrected chi connectivity index (χ0v) is 10.1. The third-order valence-electron chi connectivity index (χ3n) is 3.58. The van der Waals surface area contributed by atoms with Crippen LogP contribution in [0.1, 0.15) is 26.7 Å². The van der Waals surface area contributed by atoms with Crippen LogP contribution in [-0.2, 0) is 4.79 Å². The summed E-state index contributed by atoms with van der Waals surface area (Å²) < 4.78 is 0. The molecule has 1 aliphatic heterocycles. The largest absolute Gasteiger partial charge is 0.340 e. The second-order valence-corrected chi connectivity index (χ2v) is 5.26. The quantitative estimate of drug-likeness (QED) is 0.694. The molecule has 0 aromatic heterocycles. The van der Waals surface area contributed by atoms with Crippen molar-refractivity contribution >= 4 is 5.91 Å². The number of carbonyl (C=O) groups is 1. The molecule has 1 aliphatic carbocycles. The van der Waals surface area contributed by atoms with E-state index in [-0.39, 0.29) is 0 Å². The van der Waals surface area contributed by atoms with Crippen LogP contribution in [0.3, 0.4) is 0 Å². The number of nitriles is 1. The molecule has 1 amide bonds. The van der Waals surface area contributed by atoms with Gasteiger partial charge in [-0.05, 0) is 26.7 Å². The number of rotatable bonds is 2. The van der Waals surface area contributed by atoms with Gasteiger partial charge in [0.25, 0.3) is 0 Å². The van der Waals surface area contributed by atoms with E-state index < -0.39 is 5.54 Å². The Morgan fingerprint density at radius 3 is 2.25 bits per heavy atom. The van der Waals surface area contributed by atoms with Crippen LogP contribution >= 0.6 is 0 Å². The van der Waals surface area contributed by atoms with Crippen molar-refractivity contribution in [2.75, 3.05) is 26.2 Å². The molecule has 1 heterocycles. The van der Waals surface area contributed by atoms with Gasteiger partial charge in [-0.25, -0.2) is 0 Å². The first kappa shape index (κ1) is 11.4. The zero-order valence-electron chi connectivity index (χ0n) is 10.1. The maximum Gasteiger partial charge on any atom is 0.225 e. The SMILES string of the molecule is CC(C)(C#N)N1CCN(C(=O)C2CC2)CC1. The summed E-state index contributed by atoms with van der Waals surface area (Å²) in [6.45, 7) is 7.07. The van der Waals surface area contributed by atoms with Gasteiger partial charge in [-0.3, -0.25) is 9.69 Å². The van der Waals surface area contributed by atoms with Crippen LogP contribution in [-0.4, -0.2) is 47.4 Å². The van der Waals surface area contributed by atoms with Crippen LogP contribution in [0.25, 0.3) is 0 Å². The number of nitrogens with zero attached hydrogens (tertiary/aromatic N) is 3. The molecule has 0 atom stereocenters. The Hall–Kier alpha value is -1.08. The molecular weight excluding hydrogens is 202 g/mol. The number of amides is 1. The van der Waals surface area contributed by atoms with Gasteiger partial charge in [0.15, 0.2) is 0 Å². The highest BCUT2D eigenvalue weighted by Gasteiger charge is 2.36. The molecule has 0 unspecified atom stereocenters. The van der Waals surface area contributed by atoms with Crippen LogP contribution in [0.4, 0.5) is 0 Å². The summed E-state index contributed by atoms with van der Waals surface area (Å²) in [4.78, 5) is 15.9. The second kappa shape index (κ2) is 4.06. The van der Waals surface area contributed by atoms with Gasteiger partial charge in [0.05, 0.1) is 6.07 Å². The van der Waals surface area contributed by atoms with Crippen molar-refractivity contribution in [2.45, 2.75) is 32.2 Å². The molecule has 0 bridgehead atoms. The van der Waals surface area contributed by atoms with E-state index in [1.165, 1.54) is 0 Å². The first-order valence-corrected chi connectivity index (χ1v) is 6.00. The molecule has 1 saturated carbocycles.